The molecule has 2 N–H and O–H groups in total. The maximum absolute atomic E-state index is 11.0. The van der Waals surface area contributed by atoms with Gasteiger partial charge in [0, 0.05) is 12.1 Å². The standard InChI is InChI=1S/C9H12N2O2/c1-2-9(8(12)13)3-7(9)6-4-10-11-5-6/h4-5,7H,2-3H2,1H3,(H,10,11)(H,12,13). The summed E-state index contributed by atoms with van der Waals surface area (Å²) in [4.78, 5) is 11.0. The van der Waals surface area contributed by atoms with Crippen molar-refractivity contribution < 1.29 is 9.90 Å². The highest BCUT2D eigenvalue weighted by molar-refractivity contribution is 5.80. The molecule has 2 atom stereocenters. The van der Waals surface area contributed by atoms with Crippen molar-refractivity contribution in [3.8, 4) is 0 Å². The molecule has 0 amide bonds. The largest absolute Gasteiger partial charge is 0.481 e. The Labute approximate surface area is 76.0 Å². The van der Waals surface area contributed by atoms with Gasteiger partial charge in [-0.3, -0.25) is 9.89 Å². The van der Waals surface area contributed by atoms with E-state index in [0.29, 0.717) is 6.42 Å². The van der Waals surface area contributed by atoms with Crippen LogP contribution in [0.15, 0.2) is 12.4 Å². The van der Waals surface area contributed by atoms with Crippen molar-refractivity contribution in [2.45, 2.75) is 25.7 Å². The van der Waals surface area contributed by atoms with E-state index in [1.54, 1.807) is 12.4 Å². The van der Waals surface area contributed by atoms with Crippen LogP contribution < -0.4 is 0 Å². The fourth-order valence-corrected chi connectivity index (χ4v) is 1.97. The monoisotopic (exact) mass is 180 g/mol. The number of carboxylic acid groups (broad SMARTS) is 1. The number of hydrogen-bond acceptors (Lipinski definition) is 2. The van der Waals surface area contributed by atoms with E-state index < -0.39 is 11.4 Å². The summed E-state index contributed by atoms with van der Waals surface area (Å²) in [5.74, 6) is -0.519. The topological polar surface area (TPSA) is 66.0 Å². The normalized spacial score (nSPS) is 31.6. The summed E-state index contributed by atoms with van der Waals surface area (Å²) >= 11 is 0. The number of H-pyrrole nitrogens is 1. The quantitative estimate of drug-likeness (QED) is 0.738. The maximum Gasteiger partial charge on any atom is 0.310 e. The van der Waals surface area contributed by atoms with Crippen LogP contribution in [-0.2, 0) is 4.79 Å². The average molecular weight is 180 g/mol. The van der Waals surface area contributed by atoms with Gasteiger partial charge in [-0.2, -0.15) is 5.10 Å². The van der Waals surface area contributed by atoms with Crippen LogP contribution in [-0.4, -0.2) is 21.3 Å². The molecule has 70 valence electrons. The molecule has 1 aliphatic rings. The summed E-state index contributed by atoms with van der Waals surface area (Å²) in [6.07, 6.45) is 4.94. The highest BCUT2D eigenvalue weighted by atomic mass is 16.4. The van der Waals surface area contributed by atoms with E-state index in [0.717, 1.165) is 12.0 Å². The van der Waals surface area contributed by atoms with Crippen LogP contribution in [0, 0.1) is 5.41 Å². The molecule has 0 saturated heterocycles. The second-order valence-electron chi connectivity index (χ2n) is 3.60. The van der Waals surface area contributed by atoms with Gasteiger partial charge in [-0.05, 0) is 18.4 Å². The molecule has 1 aromatic rings. The second kappa shape index (κ2) is 2.58. The van der Waals surface area contributed by atoms with Crippen molar-refractivity contribution in [1.82, 2.24) is 10.2 Å². The average Bonchev–Trinajstić information content (AvgIpc) is 2.63. The summed E-state index contributed by atoms with van der Waals surface area (Å²) < 4.78 is 0. The number of carbonyl (C=O) groups is 1. The lowest BCUT2D eigenvalue weighted by atomic mass is 9.98. The van der Waals surface area contributed by atoms with Gasteiger partial charge in [0.25, 0.3) is 0 Å². The first-order chi connectivity index (χ1) is 6.20. The number of hydrogen-bond donors (Lipinski definition) is 2. The highest BCUT2D eigenvalue weighted by Crippen LogP contribution is 2.61. The molecule has 1 heterocycles. The van der Waals surface area contributed by atoms with Gasteiger partial charge < -0.3 is 5.11 Å². The molecule has 1 saturated carbocycles. The minimum Gasteiger partial charge on any atom is -0.481 e. The Morgan fingerprint density at radius 3 is 3.08 bits per heavy atom. The number of carboxylic acids is 1. The fourth-order valence-electron chi connectivity index (χ4n) is 1.97. The van der Waals surface area contributed by atoms with Crippen molar-refractivity contribution in [2.24, 2.45) is 5.41 Å². The number of rotatable bonds is 3. The Hall–Kier alpha value is -1.32. The van der Waals surface area contributed by atoms with Crippen LogP contribution in [0.1, 0.15) is 31.2 Å². The van der Waals surface area contributed by atoms with Crippen molar-refractivity contribution >= 4 is 5.97 Å². The van der Waals surface area contributed by atoms with E-state index in [1.807, 2.05) is 6.92 Å². The number of aromatic amines is 1. The predicted octanol–water partition coefficient (Wildman–Crippen LogP) is 1.38. The van der Waals surface area contributed by atoms with E-state index in [2.05, 4.69) is 10.2 Å². The Kier molecular flexibility index (Phi) is 1.65. The molecule has 4 heteroatoms. The molecule has 1 aliphatic carbocycles. The molecule has 1 fully saturated rings. The van der Waals surface area contributed by atoms with Gasteiger partial charge in [0.05, 0.1) is 11.6 Å². The number of nitrogens with zero attached hydrogens (tertiary/aromatic N) is 1. The lowest BCUT2D eigenvalue weighted by Crippen LogP contribution is -2.15. The third-order valence-corrected chi connectivity index (χ3v) is 3.05. The third-order valence-electron chi connectivity index (χ3n) is 3.05. The molecule has 0 spiro atoms. The predicted molar refractivity (Wildman–Crippen MR) is 46.3 cm³/mol. The van der Waals surface area contributed by atoms with Crippen LogP contribution in [0.3, 0.4) is 0 Å². The fraction of sp³-hybridized carbons (Fsp3) is 0.556. The zero-order chi connectivity index (χ0) is 9.47. The van der Waals surface area contributed by atoms with Crippen LogP contribution in [0.25, 0.3) is 0 Å². The number of aliphatic carboxylic acids is 1. The summed E-state index contributed by atoms with van der Waals surface area (Å²) in [5.41, 5.74) is 0.508. The summed E-state index contributed by atoms with van der Waals surface area (Å²) in [7, 11) is 0. The van der Waals surface area contributed by atoms with Crippen LogP contribution >= 0.6 is 0 Å². The van der Waals surface area contributed by atoms with Gasteiger partial charge in [0.15, 0.2) is 0 Å². The minimum atomic E-state index is -0.679. The Morgan fingerprint density at radius 1 is 1.92 bits per heavy atom. The van der Waals surface area contributed by atoms with Crippen molar-refractivity contribution in [3.05, 3.63) is 18.0 Å². The smallest absolute Gasteiger partial charge is 0.310 e. The zero-order valence-corrected chi connectivity index (χ0v) is 7.45. The summed E-state index contributed by atoms with van der Waals surface area (Å²) in [6, 6.07) is 0. The molecule has 1 aromatic heterocycles. The number of nitrogens with one attached hydrogen (secondary N) is 1. The van der Waals surface area contributed by atoms with Crippen molar-refractivity contribution in [3.63, 3.8) is 0 Å². The first-order valence-corrected chi connectivity index (χ1v) is 4.43. The summed E-state index contributed by atoms with van der Waals surface area (Å²) in [6.45, 7) is 1.92. The molecular formula is C9H12N2O2. The maximum atomic E-state index is 11.0. The van der Waals surface area contributed by atoms with Gasteiger partial charge in [-0.15, -0.1) is 0 Å². The number of aromatic nitrogens is 2. The van der Waals surface area contributed by atoms with E-state index in [1.165, 1.54) is 0 Å². The molecule has 13 heavy (non-hydrogen) atoms. The minimum absolute atomic E-state index is 0.161. The Morgan fingerprint density at radius 2 is 2.69 bits per heavy atom. The first-order valence-electron chi connectivity index (χ1n) is 4.43. The second-order valence-corrected chi connectivity index (χ2v) is 3.60. The lowest BCUT2D eigenvalue weighted by molar-refractivity contribution is -0.143. The van der Waals surface area contributed by atoms with E-state index in [-0.39, 0.29) is 5.92 Å². The van der Waals surface area contributed by atoms with Crippen LogP contribution in [0.2, 0.25) is 0 Å². The van der Waals surface area contributed by atoms with Crippen molar-refractivity contribution in [2.75, 3.05) is 0 Å². The Balaban J connectivity index is 2.20. The third kappa shape index (κ3) is 1.05. The van der Waals surface area contributed by atoms with Gasteiger partial charge >= 0.3 is 5.97 Å². The van der Waals surface area contributed by atoms with E-state index in [9.17, 15) is 4.79 Å². The molecule has 0 aromatic carbocycles. The van der Waals surface area contributed by atoms with Crippen LogP contribution in [0.5, 0.6) is 0 Å². The van der Waals surface area contributed by atoms with E-state index >= 15 is 0 Å². The summed E-state index contributed by atoms with van der Waals surface area (Å²) in [5, 5.41) is 15.6. The molecule has 0 aliphatic heterocycles. The molecule has 0 radical (unpaired) electrons. The first kappa shape index (κ1) is 8.29. The van der Waals surface area contributed by atoms with Gasteiger partial charge in [0.1, 0.15) is 0 Å². The van der Waals surface area contributed by atoms with Crippen molar-refractivity contribution in [1.29, 1.82) is 0 Å². The van der Waals surface area contributed by atoms with Crippen LogP contribution in [0.4, 0.5) is 0 Å². The lowest BCUT2D eigenvalue weighted by Gasteiger charge is -2.06. The molecule has 4 nitrogen and oxygen atoms in total. The molecular weight excluding hydrogens is 168 g/mol. The van der Waals surface area contributed by atoms with Gasteiger partial charge in [0.2, 0.25) is 0 Å². The van der Waals surface area contributed by atoms with Gasteiger partial charge in [-0.25, -0.2) is 0 Å². The molecule has 2 unspecified atom stereocenters. The molecule has 0 bridgehead atoms. The molecule has 2 rings (SSSR count). The zero-order valence-electron chi connectivity index (χ0n) is 7.45. The Bertz CT molecular complexity index is 320. The van der Waals surface area contributed by atoms with Gasteiger partial charge in [-0.1, -0.05) is 6.92 Å². The highest BCUT2D eigenvalue weighted by Gasteiger charge is 2.59. The van der Waals surface area contributed by atoms with E-state index in [4.69, 9.17) is 5.11 Å². The SMILES string of the molecule is CCC1(C(=O)O)CC1c1cn[nH]c1.